The summed E-state index contributed by atoms with van der Waals surface area (Å²) in [5.41, 5.74) is -0.00665. The van der Waals surface area contributed by atoms with Crippen molar-refractivity contribution in [2.24, 2.45) is 5.41 Å². The van der Waals surface area contributed by atoms with Crippen molar-refractivity contribution in [1.82, 2.24) is 4.90 Å². The third-order valence-corrected chi connectivity index (χ3v) is 3.50. The van der Waals surface area contributed by atoms with Crippen molar-refractivity contribution in [1.29, 1.82) is 0 Å². The second kappa shape index (κ2) is 4.94. The summed E-state index contributed by atoms with van der Waals surface area (Å²) < 4.78 is 0. The Labute approximate surface area is 90.9 Å². The number of hydrogen-bond acceptors (Lipinski definition) is 3. The molecule has 0 aromatic heterocycles. The van der Waals surface area contributed by atoms with Gasteiger partial charge in [-0.15, -0.1) is 0 Å². The maximum atomic E-state index is 11.0. The van der Waals surface area contributed by atoms with Crippen LogP contribution in [0.25, 0.3) is 0 Å². The number of rotatable bonds is 4. The highest BCUT2D eigenvalue weighted by atomic mass is 16.4. The fraction of sp³-hybridized carbons (Fsp3) is 0.909. The molecule has 1 rings (SSSR count). The second-order valence-corrected chi connectivity index (χ2v) is 4.77. The van der Waals surface area contributed by atoms with Crippen LogP contribution in [0.5, 0.6) is 0 Å². The number of carboxylic acids is 1. The summed E-state index contributed by atoms with van der Waals surface area (Å²) in [5.74, 6) is -0.731. The average Bonchev–Trinajstić information content (AvgIpc) is 2.22. The summed E-state index contributed by atoms with van der Waals surface area (Å²) in [5, 5.41) is 18.2. The molecular formula is C11H21NO3. The zero-order chi connectivity index (χ0) is 11.5. The van der Waals surface area contributed by atoms with Gasteiger partial charge in [0.05, 0.1) is 0 Å². The number of nitrogens with zero attached hydrogens (tertiary/aromatic N) is 1. The molecule has 1 aliphatic heterocycles. The summed E-state index contributed by atoms with van der Waals surface area (Å²) in [6.07, 6.45) is 2.41. The fourth-order valence-electron chi connectivity index (χ4n) is 2.12. The van der Waals surface area contributed by atoms with Crippen molar-refractivity contribution in [2.75, 3.05) is 19.7 Å². The Morgan fingerprint density at radius 3 is 2.33 bits per heavy atom. The van der Waals surface area contributed by atoms with E-state index < -0.39 is 5.97 Å². The molecule has 2 N–H and O–H groups in total. The van der Waals surface area contributed by atoms with Gasteiger partial charge in [-0.25, -0.2) is 0 Å². The minimum Gasteiger partial charge on any atom is -0.480 e. The van der Waals surface area contributed by atoms with Gasteiger partial charge in [-0.05, 0) is 37.8 Å². The lowest BCUT2D eigenvalue weighted by atomic mass is 9.81. The van der Waals surface area contributed by atoms with Crippen LogP contribution in [0.1, 0.15) is 33.1 Å². The van der Waals surface area contributed by atoms with Gasteiger partial charge in [0.2, 0.25) is 0 Å². The van der Waals surface area contributed by atoms with E-state index in [9.17, 15) is 9.90 Å². The molecule has 15 heavy (non-hydrogen) atoms. The molecule has 1 fully saturated rings. The van der Waals surface area contributed by atoms with Crippen LogP contribution in [-0.4, -0.2) is 46.8 Å². The lowest BCUT2D eigenvalue weighted by Gasteiger charge is -2.40. The predicted molar refractivity (Wildman–Crippen MR) is 57.7 cm³/mol. The summed E-state index contributed by atoms with van der Waals surface area (Å²) in [6.45, 7) is 5.72. The Morgan fingerprint density at radius 2 is 2.00 bits per heavy atom. The third kappa shape index (κ3) is 2.92. The molecule has 1 heterocycles. The smallest absolute Gasteiger partial charge is 0.320 e. The Bertz CT molecular complexity index is 222. The molecule has 0 spiro atoms. The molecule has 0 saturated carbocycles. The van der Waals surface area contributed by atoms with Gasteiger partial charge in [-0.2, -0.15) is 0 Å². The highest BCUT2D eigenvalue weighted by Gasteiger charge is 2.33. The Morgan fingerprint density at radius 1 is 1.47 bits per heavy atom. The van der Waals surface area contributed by atoms with Crippen molar-refractivity contribution in [3.8, 4) is 0 Å². The second-order valence-electron chi connectivity index (χ2n) is 4.77. The van der Waals surface area contributed by atoms with Gasteiger partial charge in [-0.1, -0.05) is 13.8 Å². The highest BCUT2D eigenvalue weighted by molar-refractivity contribution is 5.73. The van der Waals surface area contributed by atoms with Crippen molar-refractivity contribution >= 4 is 5.97 Å². The van der Waals surface area contributed by atoms with Gasteiger partial charge >= 0.3 is 5.97 Å². The van der Waals surface area contributed by atoms with Gasteiger partial charge in [0, 0.05) is 6.61 Å². The van der Waals surface area contributed by atoms with Crippen LogP contribution in [0.2, 0.25) is 0 Å². The van der Waals surface area contributed by atoms with E-state index in [2.05, 4.69) is 6.92 Å². The monoisotopic (exact) mass is 215 g/mol. The van der Waals surface area contributed by atoms with E-state index >= 15 is 0 Å². The number of piperidine rings is 1. The summed E-state index contributed by atoms with van der Waals surface area (Å²) in [4.78, 5) is 13.0. The number of carbonyl (C=O) groups is 1. The molecule has 0 bridgehead atoms. The minimum absolute atomic E-state index is 0.00665. The van der Waals surface area contributed by atoms with Crippen LogP contribution in [0.4, 0.5) is 0 Å². The van der Waals surface area contributed by atoms with Crippen LogP contribution in [0.3, 0.4) is 0 Å². The highest BCUT2D eigenvalue weighted by Crippen LogP contribution is 2.31. The quantitative estimate of drug-likeness (QED) is 0.733. The van der Waals surface area contributed by atoms with E-state index in [0.717, 1.165) is 25.9 Å². The summed E-state index contributed by atoms with van der Waals surface area (Å²) in [7, 11) is 0. The number of likely N-dealkylation sites (tertiary alicyclic amines) is 1. The molecular weight excluding hydrogens is 194 g/mol. The van der Waals surface area contributed by atoms with Crippen LogP contribution < -0.4 is 0 Å². The average molecular weight is 215 g/mol. The molecule has 1 aliphatic rings. The number of aliphatic hydroxyl groups is 1. The molecule has 0 amide bonds. The van der Waals surface area contributed by atoms with Crippen LogP contribution in [-0.2, 0) is 4.79 Å². The standard InChI is InChI=1S/C11H21NO3/c1-3-9(10(14)15)12-6-4-11(2,8-13)5-7-12/h9,13H,3-8H2,1-2H3,(H,14,15)/t9-/m0/s1. The molecule has 4 nitrogen and oxygen atoms in total. The zero-order valence-corrected chi connectivity index (χ0v) is 9.57. The molecule has 0 aliphatic carbocycles. The van der Waals surface area contributed by atoms with Crippen LogP contribution in [0.15, 0.2) is 0 Å². The Balaban J connectivity index is 2.52. The Hall–Kier alpha value is -0.610. The summed E-state index contributed by atoms with van der Waals surface area (Å²) >= 11 is 0. The van der Waals surface area contributed by atoms with Gasteiger partial charge in [-0.3, -0.25) is 9.69 Å². The predicted octanol–water partition coefficient (Wildman–Crippen LogP) is 0.944. The topological polar surface area (TPSA) is 60.8 Å². The molecule has 0 radical (unpaired) electrons. The molecule has 0 unspecified atom stereocenters. The first kappa shape index (κ1) is 12.5. The molecule has 0 aromatic carbocycles. The molecule has 1 saturated heterocycles. The van der Waals surface area contributed by atoms with E-state index in [0.29, 0.717) is 6.42 Å². The fourth-order valence-corrected chi connectivity index (χ4v) is 2.12. The van der Waals surface area contributed by atoms with Crippen molar-refractivity contribution in [2.45, 2.75) is 39.2 Å². The summed E-state index contributed by atoms with van der Waals surface area (Å²) in [6, 6.07) is -0.353. The number of hydrogen-bond donors (Lipinski definition) is 2. The van der Waals surface area contributed by atoms with Gasteiger partial charge in [0.1, 0.15) is 6.04 Å². The van der Waals surface area contributed by atoms with Crippen molar-refractivity contribution in [3.63, 3.8) is 0 Å². The largest absolute Gasteiger partial charge is 0.480 e. The van der Waals surface area contributed by atoms with E-state index in [1.165, 1.54) is 0 Å². The van der Waals surface area contributed by atoms with Gasteiger partial charge < -0.3 is 10.2 Å². The third-order valence-electron chi connectivity index (χ3n) is 3.50. The van der Waals surface area contributed by atoms with E-state index in [1.807, 2.05) is 11.8 Å². The van der Waals surface area contributed by atoms with Gasteiger partial charge in [0.15, 0.2) is 0 Å². The van der Waals surface area contributed by atoms with E-state index in [-0.39, 0.29) is 18.1 Å². The first-order chi connectivity index (χ1) is 7.02. The lowest BCUT2D eigenvalue weighted by Crippen LogP contribution is -2.48. The molecule has 0 aromatic rings. The SMILES string of the molecule is CC[C@@H](C(=O)O)N1CCC(C)(CO)CC1. The molecule has 4 heteroatoms. The molecule has 1 atom stereocenters. The van der Waals surface area contributed by atoms with E-state index in [4.69, 9.17) is 5.11 Å². The number of carboxylic acid groups (broad SMARTS) is 1. The van der Waals surface area contributed by atoms with E-state index in [1.54, 1.807) is 0 Å². The number of aliphatic carboxylic acids is 1. The Kier molecular flexibility index (Phi) is 4.11. The van der Waals surface area contributed by atoms with Crippen molar-refractivity contribution < 1.29 is 15.0 Å². The minimum atomic E-state index is -0.731. The van der Waals surface area contributed by atoms with Crippen molar-refractivity contribution in [3.05, 3.63) is 0 Å². The normalized spacial score (nSPS) is 23.7. The zero-order valence-electron chi connectivity index (χ0n) is 9.57. The van der Waals surface area contributed by atoms with Crippen LogP contribution >= 0.6 is 0 Å². The first-order valence-corrected chi connectivity index (χ1v) is 5.60. The van der Waals surface area contributed by atoms with Gasteiger partial charge in [0.25, 0.3) is 0 Å². The number of aliphatic hydroxyl groups excluding tert-OH is 1. The maximum Gasteiger partial charge on any atom is 0.320 e. The lowest BCUT2D eigenvalue weighted by molar-refractivity contribution is -0.144. The maximum absolute atomic E-state index is 11.0. The molecule has 88 valence electrons. The first-order valence-electron chi connectivity index (χ1n) is 5.60. The van der Waals surface area contributed by atoms with Crippen LogP contribution in [0, 0.1) is 5.41 Å².